The fourth-order valence-corrected chi connectivity index (χ4v) is 2.14. The number of aliphatic carboxylic acids is 1. The van der Waals surface area contributed by atoms with E-state index in [0.29, 0.717) is 19.5 Å². The summed E-state index contributed by atoms with van der Waals surface area (Å²) in [5.41, 5.74) is -0.215. The van der Waals surface area contributed by atoms with E-state index in [9.17, 15) is 9.59 Å². The molecular formula is C12H22N2O3. The van der Waals surface area contributed by atoms with Crippen molar-refractivity contribution in [3.8, 4) is 0 Å². The molecular weight excluding hydrogens is 220 g/mol. The van der Waals surface area contributed by atoms with E-state index < -0.39 is 5.97 Å². The maximum absolute atomic E-state index is 12.0. The second-order valence-corrected chi connectivity index (χ2v) is 5.74. The molecule has 0 radical (unpaired) electrons. The van der Waals surface area contributed by atoms with Crippen molar-refractivity contribution in [2.75, 3.05) is 20.1 Å². The first-order valence-electron chi connectivity index (χ1n) is 5.96. The van der Waals surface area contributed by atoms with Crippen molar-refractivity contribution in [2.45, 2.75) is 39.2 Å². The second-order valence-electron chi connectivity index (χ2n) is 5.74. The SMILES string of the molecule is CN1CC(CCC(=O)O)CN(C(C)(C)C)C1=O. The third-order valence-corrected chi connectivity index (χ3v) is 3.11. The van der Waals surface area contributed by atoms with Gasteiger partial charge in [-0.15, -0.1) is 0 Å². The number of rotatable bonds is 3. The molecule has 0 spiro atoms. The molecule has 1 fully saturated rings. The lowest BCUT2D eigenvalue weighted by Gasteiger charge is -2.45. The van der Waals surface area contributed by atoms with E-state index in [1.54, 1.807) is 11.9 Å². The Morgan fingerprint density at radius 1 is 1.41 bits per heavy atom. The minimum Gasteiger partial charge on any atom is -0.481 e. The predicted octanol–water partition coefficient (Wildman–Crippen LogP) is 1.63. The number of nitrogens with zero attached hydrogens (tertiary/aromatic N) is 2. The molecule has 0 aromatic carbocycles. The summed E-state index contributed by atoms with van der Waals surface area (Å²) in [7, 11) is 1.77. The van der Waals surface area contributed by atoms with Gasteiger partial charge in [0, 0.05) is 32.1 Å². The zero-order valence-corrected chi connectivity index (χ0v) is 11.1. The van der Waals surface area contributed by atoms with Crippen molar-refractivity contribution in [3.05, 3.63) is 0 Å². The van der Waals surface area contributed by atoms with Crippen molar-refractivity contribution < 1.29 is 14.7 Å². The van der Waals surface area contributed by atoms with Crippen molar-refractivity contribution in [2.24, 2.45) is 5.92 Å². The van der Waals surface area contributed by atoms with Gasteiger partial charge >= 0.3 is 12.0 Å². The van der Waals surface area contributed by atoms with Crippen LogP contribution in [0.25, 0.3) is 0 Å². The molecule has 17 heavy (non-hydrogen) atoms. The normalized spacial score (nSPS) is 21.9. The molecule has 0 aromatic heterocycles. The van der Waals surface area contributed by atoms with Gasteiger partial charge in [-0.3, -0.25) is 4.79 Å². The molecule has 1 unspecified atom stereocenters. The van der Waals surface area contributed by atoms with E-state index >= 15 is 0 Å². The van der Waals surface area contributed by atoms with Gasteiger partial charge in [-0.05, 0) is 33.1 Å². The Hall–Kier alpha value is -1.26. The summed E-state index contributed by atoms with van der Waals surface area (Å²) in [6.45, 7) is 7.30. The van der Waals surface area contributed by atoms with Crippen molar-refractivity contribution in [3.63, 3.8) is 0 Å². The third-order valence-electron chi connectivity index (χ3n) is 3.11. The monoisotopic (exact) mass is 242 g/mol. The van der Waals surface area contributed by atoms with E-state index in [4.69, 9.17) is 5.11 Å². The Bertz CT molecular complexity index is 309. The van der Waals surface area contributed by atoms with Crippen LogP contribution in [0.4, 0.5) is 4.79 Å². The first-order chi connectivity index (χ1) is 7.71. The molecule has 1 saturated heterocycles. The lowest BCUT2D eigenvalue weighted by molar-refractivity contribution is -0.137. The van der Waals surface area contributed by atoms with Gasteiger partial charge in [0.05, 0.1) is 0 Å². The van der Waals surface area contributed by atoms with E-state index in [-0.39, 0.29) is 23.9 Å². The predicted molar refractivity (Wildman–Crippen MR) is 64.8 cm³/mol. The Balaban J connectivity index is 2.67. The van der Waals surface area contributed by atoms with Crippen LogP contribution in [0.2, 0.25) is 0 Å². The molecule has 0 bridgehead atoms. The molecule has 1 rings (SSSR count). The standard InChI is InChI=1S/C12H22N2O3/c1-12(2,3)14-8-9(5-6-10(15)16)7-13(4)11(14)17/h9H,5-8H2,1-4H3,(H,15,16). The molecule has 5 heteroatoms. The van der Waals surface area contributed by atoms with Crippen molar-refractivity contribution in [1.82, 2.24) is 9.80 Å². The maximum atomic E-state index is 12.0. The van der Waals surface area contributed by atoms with Crippen LogP contribution >= 0.6 is 0 Å². The van der Waals surface area contributed by atoms with Gasteiger partial charge in [0.15, 0.2) is 0 Å². The van der Waals surface area contributed by atoms with Gasteiger partial charge in [0.25, 0.3) is 0 Å². The van der Waals surface area contributed by atoms with E-state index in [1.165, 1.54) is 0 Å². The van der Waals surface area contributed by atoms with Crippen LogP contribution in [-0.4, -0.2) is 52.6 Å². The van der Waals surface area contributed by atoms with Gasteiger partial charge in [-0.1, -0.05) is 0 Å². The minimum absolute atomic E-state index is 0.0316. The van der Waals surface area contributed by atoms with Crippen LogP contribution in [0.3, 0.4) is 0 Å². The molecule has 98 valence electrons. The number of hydrogen-bond donors (Lipinski definition) is 1. The van der Waals surface area contributed by atoms with E-state index in [0.717, 1.165) is 0 Å². The minimum atomic E-state index is -0.771. The van der Waals surface area contributed by atoms with Crippen LogP contribution in [-0.2, 0) is 4.79 Å². The molecule has 1 atom stereocenters. The van der Waals surface area contributed by atoms with E-state index in [2.05, 4.69) is 0 Å². The van der Waals surface area contributed by atoms with Gasteiger partial charge in [-0.2, -0.15) is 0 Å². The van der Waals surface area contributed by atoms with Crippen molar-refractivity contribution in [1.29, 1.82) is 0 Å². The summed E-state index contributed by atoms with van der Waals surface area (Å²) in [6.07, 6.45) is 0.796. The summed E-state index contributed by atoms with van der Waals surface area (Å²) in [5.74, 6) is -0.528. The zero-order valence-electron chi connectivity index (χ0n) is 11.1. The molecule has 1 N–H and O–H groups in total. The summed E-state index contributed by atoms with van der Waals surface area (Å²) in [5, 5.41) is 8.69. The first-order valence-corrected chi connectivity index (χ1v) is 5.96. The van der Waals surface area contributed by atoms with Gasteiger partial charge in [0.1, 0.15) is 0 Å². The molecule has 0 aliphatic carbocycles. The maximum Gasteiger partial charge on any atom is 0.320 e. The molecule has 0 aromatic rings. The highest BCUT2D eigenvalue weighted by Gasteiger charge is 2.35. The fraction of sp³-hybridized carbons (Fsp3) is 0.833. The van der Waals surface area contributed by atoms with Gasteiger partial charge in [-0.25, -0.2) is 4.79 Å². The Morgan fingerprint density at radius 3 is 2.47 bits per heavy atom. The highest BCUT2D eigenvalue weighted by molar-refractivity contribution is 5.75. The lowest BCUT2D eigenvalue weighted by Crippen LogP contribution is -2.58. The molecule has 0 saturated carbocycles. The summed E-state index contributed by atoms with van der Waals surface area (Å²) in [6, 6.07) is 0.0316. The smallest absolute Gasteiger partial charge is 0.320 e. The molecule has 1 aliphatic rings. The van der Waals surface area contributed by atoms with Crippen LogP contribution < -0.4 is 0 Å². The third kappa shape index (κ3) is 3.61. The van der Waals surface area contributed by atoms with Crippen LogP contribution in [0.5, 0.6) is 0 Å². The first kappa shape index (κ1) is 13.8. The largest absolute Gasteiger partial charge is 0.481 e. The fourth-order valence-electron chi connectivity index (χ4n) is 2.14. The number of amides is 2. The second kappa shape index (κ2) is 4.94. The summed E-state index contributed by atoms with van der Waals surface area (Å²) in [4.78, 5) is 26.1. The van der Waals surface area contributed by atoms with E-state index in [1.807, 2.05) is 25.7 Å². The average molecular weight is 242 g/mol. The highest BCUT2D eigenvalue weighted by Crippen LogP contribution is 2.24. The molecule has 1 aliphatic heterocycles. The quantitative estimate of drug-likeness (QED) is 0.818. The zero-order chi connectivity index (χ0) is 13.2. The molecule has 2 amide bonds. The molecule has 1 heterocycles. The Kier molecular flexibility index (Phi) is 4.01. The van der Waals surface area contributed by atoms with Crippen LogP contribution in [0.15, 0.2) is 0 Å². The number of carboxylic acids is 1. The topological polar surface area (TPSA) is 60.9 Å². The Morgan fingerprint density at radius 2 is 2.00 bits per heavy atom. The number of carboxylic acid groups (broad SMARTS) is 1. The average Bonchev–Trinajstić information content (AvgIpc) is 2.17. The number of carbonyl (C=O) groups excluding carboxylic acids is 1. The lowest BCUT2D eigenvalue weighted by atomic mass is 9.96. The summed E-state index contributed by atoms with van der Waals surface area (Å²) >= 11 is 0. The van der Waals surface area contributed by atoms with Crippen molar-refractivity contribution >= 4 is 12.0 Å². The number of hydrogen-bond acceptors (Lipinski definition) is 2. The van der Waals surface area contributed by atoms with Crippen LogP contribution in [0, 0.1) is 5.92 Å². The number of carbonyl (C=O) groups is 2. The Labute approximate surface area is 102 Å². The van der Waals surface area contributed by atoms with Crippen LogP contribution in [0.1, 0.15) is 33.6 Å². The van der Waals surface area contributed by atoms with Gasteiger partial charge < -0.3 is 14.9 Å². The van der Waals surface area contributed by atoms with Gasteiger partial charge in [0.2, 0.25) is 0 Å². The molecule has 5 nitrogen and oxygen atoms in total. The number of urea groups is 1. The highest BCUT2D eigenvalue weighted by atomic mass is 16.4. The summed E-state index contributed by atoms with van der Waals surface area (Å²) < 4.78 is 0.